The van der Waals surface area contributed by atoms with Crippen molar-refractivity contribution < 1.29 is 14.6 Å². The maximum atomic E-state index is 11.1. The monoisotopic (exact) mass is 308 g/mol. The first-order chi connectivity index (χ1) is 11.2. The van der Waals surface area contributed by atoms with Crippen molar-refractivity contribution >= 4 is 22.6 Å². The molecule has 2 N–H and O–H groups in total. The molecule has 0 atom stereocenters. The van der Waals surface area contributed by atoms with E-state index in [-0.39, 0.29) is 5.56 Å². The van der Waals surface area contributed by atoms with Gasteiger partial charge < -0.3 is 15.2 Å². The van der Waals surface area contributed by atoms with E-state index in [0.717, 1.165) is 22.1 Å². The fraction of sp³-hybridized carbons (Fsp3) is 0.111. The van der Waals surface area contributed by atoms with Gasteiger partial charge in [0.05, 0.1) is 12.7 Å². The highest BCUT2D eigenvalue weighted by molar-refractivity contribution is 5.98. The number of ether oxygens (including phenoxy) is 1. The van der Waals surface area contributed by atoms with E-state index in [1.165, 1.54) is 0 Å². The molecule has 0 bridgehead atoms. The summed E-state index contributed by atoms with van der Waals surface area (Å²) in [6.45, 7) is 0.591. The minimum absolute atomic E-state index is 0.248. The van der Waals surface area contributed by atoms with Gasteiger partial charge in [-0.05, 0) is 41.3 Å². The number of hydrogen-bond donors (Lipinski definition) is 2. The third kappa shape index (κ3) is 3.23. The fourth-order valence-electron chi connectivity index (χ4n) is 2.37. The van der Waals surface area contributed by atoms with Crippen molar-refractivity contribution in [2.75, 3.05) is 12.4 Å². The molecule has 1 heterocycles. The van der Waals surface area contributed by atoms with Crippen LogP contribution < -0.4 is 10.1 Å². The number of methoxy groups -OCH3 is 1. The number of benzene rings is 2. The summed E-state index contributed by atoms with van der Waals surface area (Å²) in [5.74, 6) is 0.529. The molecule has 2 aromatic carbocycles. The lowest BCUT2D eigenvalue weighted by Gasteiger charge is -2.10. The second kappa shape index (κ2) is 6.36. The van der Waals surface area contributed by atoms with Crippen LogP contribution in [0.2, 0.25) is 0 Å². The molecule has 0 aliphatic carbocycles. The molecule has 1 aromatic heterocycles. The number of aromatic carboxylic acids is 1. The molecule has 5 nitrogen and oxygen atoms in total. The van der Waals surface area contributed by atoms with Gasteiger partial charge in [-0.2, -0.15) is 0 Å². The number of rotatable bonds is 5. The Labute approximate surface area is 133 Å². The van der Waals surface area contributed by atoms with E-state index in [0.29, 0.717) is 12.4 Å². The molecular weight excluding hydrogens is 292 g/mol. The van der Waals surface area contributed by atoms with E-state index in [4.69, 9.17) is 9.84 Å². The minimum atomic E-state index is -0.947. The molecule has 0 radical (unpaired) electrons. The molecule has 23 heavy (non-hydrogen) atoms. The van der Waals surface area contributed by atoms with Crippen molar-refractivity contribution in [2.45, 2.75) is 6.54 Å². The number of fused-ring (bicyclic) bond motifs is 1. The van der Waals surface area contributed by atoms with Gasteiger partial charge in [0.25, 0.3) is 0 Å². The Hall–Kier alpha value is -3.08. The van der Waals surface area contributed by atoms with E-state index in [2.05, 4.69) is 10.3 Å². The topological polar surface area (TPSA) is 71.5 Å². The van der Waals surface area contributed by atoms with Gasteiger partial charge >= 0.3 is 5.97 Å². The van der Waals surface area contributed by atoms with Gasteiger partial charge in [0.2, 0.25) is 0 Å². The van der Waals surface area contributed by atoms with Crippen LogP contribution in [0.15, 0.2) is 54.7 Å². The number of carbonyl (C=O) groups is 1. The first-order valence-corrected chi connectivity index (χ1v) is 7.16. The minimum Gasteiger partial charge on any atom is -0.497 e. The molecule has 5 heteroatoms. The Morgan fingerprint density at radius 2 is 1.96 bits per heavy atom. The Kier molecular flexibility index (Phi) is 4.10. The third-order valence-corrected chi connectivity index (χ3v) is 3.63. The van der Waals surface area contributed by atoms with Crippen molar-refractivity contribution in [1.82, 2.24) is 4.98 Å². The Bertz CT molecular complexity index is 845. The molecule has 3 aromatic rings. The molecule has 0 fully saturated rings. The summed E-state index contributed by atoms with van der Waals surface area (Å²) in [6.07, 6.45) is 1.71. The highest BCUT2D eigenvalue weighted by Gasteiger charge is 2.07. The average molecular weight is 308 g/mol. The van der Waals surface area contributed by atoms with Crippen molar-refractivity contribution in [3.63, 3.8) is 0 Å². The predicted octanol–water partition coefficient (Wildman–Crippen LogP) is 3.55. The van der Waals surface area contributed by atoms with Crippen LogP contribution in [0.5, 0.6) is 5.75 Å². The number of hydrogen-bond acceptors (Lipinski definition) is 4. The zero-order valence-corrected chi connectivity index (χ0v) is 12.6. The Balaban J connectivity index is 1.86. The maximum absolute atomic E-state index is 11.1. The summed E-state index contributed by atoms with van der Waals surface area (Å²) >= 11 is 0. The van der Waals surface area contributed by atoms with E-state index < -0.39 is 5.97 Å². The second-order valence-corrected chi connectivity index (χ2v) is 5.10. The highest BCUT2D eigenvalue weighted by atomic mass is 16.5. The third-order valence-electron chi connectivity index (χ3n) is 3.63. The number of nitrogens with zero attached hydrogens (tertiary/aromatic N) is 1. The molecule has 0 aliphatic heterocycles. The molecule has 0 spiro atoms. The zero-order valence-electron chi connectivity index (χ0n) is 12.6. The fourth-order valence-corrected chi connectivity index (χ4v) is 2.37. The highest BCUT2D eigenvalue weighted by Crippen LogP contribution is 2.23. The smallest absolute Gasteiger partial charge is 0.335 e. The first kappa shape index (κ1) is 14.8. The van der Waals surface area contributed by atoms with Crippen molar-refractivity contribution in [3.8, 4) is 5.75 Å². The second-order valence-electron chi connectivity index (χ2n) is 5.10. The van der Waals surface area contributed by atoms with Crippen molar-refractivity contribution in [1.29, 1.82) is 0 Å². The molecule has 0 unspecified atom stereocenters. The molecule has 116 valence electrons. The lowest BCUT2D eigenvalue weighted by atomic mass is 10.1. The summed E-state index contributed by atoms with van der Waals surface area (Å²) in [5, 5.41) is 14.1. The number of nitrogens with one attached hydrogen (secondary N) is 1. The van der Waals surface area contributed by atoms with Gasteiger partial charge in [0.1, 0.15) is 11.6 Å². The van der Waals surface area contributed by atoms with Gasteiger partial charge in [0, 0.05) is 18.1 Å². The molecule has 0 amide bonds. The van der Waals surface area contributed by atoms with Crippen molar-refractivity contribution in [2.24, 2.45) is 0 Å². The normalized spacial score (nSPS) is 10.5. The lowest BCUT2D eigenvalue weighted by molar-refractivity contribution is 0.0697. The van der Waals surface area contributed by atoms with Gasteiger partial charge in [-0.3, -0.25) is 0 Å². The van der Waals surface area contributed by atoms with Gasteiger partial charge in [-0.15, -0.1) is 0 Å². The molecular formula is C18H16N2O3. The number of anilines is 1. The molecule has 3 rings (SSSR count). The molecule has 0 aliphatic rings. The van der Waals surface area contributed by atoms with Crippen LogP contribution in [0.1, 0.15) is 15.9 Å². The van der Waals surface area contributed by atoms with Crippen molar-refractivity contribution in [3.05, 3.63) is 65.9 Å². The average Bonchev–Trinajstić information content (AvgIpc) is 2.59. The van der Waals surface area contributed by atoms with Crippen LogP contribution in [0.4, 0.5) is 5.82 Å². The van der Waals surface area contributed by atoms with Crippen LogP contribution in [-0.2, 0) is 6.54 Å². The van der Waals surface area contributed by atoms with Gasteiger partial charge in [-0.1, -0.05) is 18.2 Å². The number of carboxylic acid groups (broad SMARTS) is 1. The summed E-state index contributed by atoms with van der Waals surface area (Å²) in [7, 11) is 1.63. The van der Waals surface area contributed by atoms with E-state index in [9.17, 15) is 4.79 Å². The van der Waals surface area contributed by atoms with E-state index in [1.54, 1.807) is 31.5 Å². The predicted molar refractivity (Wildman–Crippen MR) is 89.0 cm³/mol. The van der Waals surface area contributed by atoms with E-state index in [1.807, 2.05) is 30.3 Å². The van der Waals surface area contributed by atoms with Crippen LogP contribution in [0.3, 0.4) is 0 Å². The molecule has 0 saturated carbocycles. The summed E-state index contributed by atoms with van der Waals surface area (Å²) < 4.78 is 5.14. The lowest BCUT2D eigenvalue weighted by Crippen LogP contribution is -2.03. The van der Waals surface area contributed by atoms with Gasteiger partial charge in [-0.25, -0.2) is 9.78 Å². The number of aromatic nitrogens is 1. The quantitative estimate of drug-likeness (QED) is 0.754. The maximum Gasteiger partial charge on any atom is 0.335 e. The number of carboxylic acids is 1. The summed E-state index contributed by atoms with van der Waals surface area (Å²) in [4.78, 5) is 15.5. The van der Waals surface area contributed by atoms with E-state index >= 15 is 0 Å². The van der Waals surface area contributed by atoms with Gasteiger partial charge in [0.15, 0.2) is 0 Å². The number of pyridine rings is 1. The SMILES string of the molecule is COc1ccc(CNc2nccc3ccc(C(=O)O)cc23)cc1. The zero-order chi connectivity index (χ0) is 16.2. The van der Waals surface area contributed by atoms with Crippen LogP contribution >= 0.6 is 0 Å². The largest absolute Gasteiger partial charge is 0.497 e. The Morgan fingerprint density at radius 1 is 1.17 bits per heavy atom. The van der Waals surface area contributed by atoms with Crippen LogP contribution in [0.25, 0.3) is 10.8 Å². The van der Waals surface area contributed by atoms with Crippen LogP contribution in [-0.4, -0.2) is 23.2 Å². The Morgan fingerprint density at radius 3 is 2.65 bits per heavy atom. The first-order valence-electron chi connectivity index (χ1n) is 7.16. The molecule has 0 saturated heterocycles. The van der Waals surface area contributed by atoms with Crippen LogP contribution in [0, 0.1) is 0 Å². The standard InChI is InChI=1S/C18H16N2O3/c1-23-15-6-2-12(3-7-15)11-20-17-16-10-14(18(21)22)5-4-13(16)8-9-19-17/h2-10H,11H2,1H3,(H,19,20)(H,21,22). The summed E-state index contributed by atoms with van der Waals surface area (Å²) in [6, 6.07) is 14.6. The summed E-state index contributed by atoms with van der Waals surface area (Å²) in [5.41, 5.74) is 1.33.